The first-order chi connectivity index (χ1) is 13.0. The maximum atomic E-state index is 12.6. The van der Waals surface area contributed by atoms with Gasteiger partial charge in [-0.25, -0.2) is 0 Å². The second-order valence-electron chi connectivity index (χ2n) is 7.08. The Balaban J connectivity index is 1.52. The van der Waals surface area contributed by atoms with E-state index in [0.29, 0.717) is 25.9 Å². The molecule has 2 amide bonds. The van der Waals surface area contributed by atoms with E-state index in [0.717, 1.165) is 16.8 Å². The fourth-order valence-corrected chi connectivity index (χ4v) is 3.32. The molecule has 140 valence electrons. The first-order valence-electron chi connectivity index (χ1n) is 9.43. The summed E-state index contributed by atoms with van der Waals surface area (Å²) in [7, 11) is 0. The van der Waals surface area contributed by atoms with Crippen molar-refractivity contribution in [2.45, 2.75) is 26.7 Å². The zero-order valence-electron chi connectivity index (χ0n) is 15.9. The molecule has 2 aromatic carbocycles. The topological polar surface area (TPSA) is 49.4 Å². The van der Waals surface area contributed by atoms with Gasteiger partial charge in [0.25, 0.3) is 0 Å². The van der Waals surface area contributed by atoms with Crippen LogP contribution in [0.15, 0.2) is 54.6 Å². The van der Waals surface area contributed by atoms with Crippen molar-refractivity contribution in [3.05, 3.63) is 71.3 Å². The van der Waals surface area contributed by atoms with E-state index in [1.165, 1.54) is 5.56 Å². The number of aryl methyl sites for hydroxylation is 1. The van der Waals surface area contributed by atoms with Gasteiger partial charge >= 0.3 is 0 Å². The van der Waals surface area contributed by atoms with Crippen molar-refractivity contribution < 1.29 is 9.59 Å². The molecular formula is C23H26N2O2. The van der Waals surface area contributed by atoms with Crippen LogP contribution in [0.1, 0.15) is 29.5 Å². The van der Waals surface area contributed by atoms with Gasteiger partial charge in [-0.05, 0) is 55.5 Å². The molecule has 1 N–H and O–H groups in total. The van der Waals surface area contributed by atoms with E-state index >= 15 is 0 Å². The van der Waals surface area contributed by atoms with Crippen LogP contribution in [0.4, 0.5) is 5.69 Å². The maximum Gasteiger partial charge on any atom is 0.246 e. The molecule has 1 saturated heterocycles. The summed E-state index contributed by atoms with van der Waals surface area (Å²) in [5, 5.41) is 3.06. The fourth-order valence-electron chi connectivity index (χ4n) is 3.32. The van der Waals surface area contributed by atoms with Gasteiger partial charge in [-0.15, -0.1) is 0 Å². The quantitative estimate of drug-likeness (QED) is 0.829. The number of benzene rings is 2. The van der Waals surface area contributed by atoms with Gasteiger partial charge in [0, 0.05) is 30.8 Å². The molecule has 4 nitrogen and oxygen atoms in total. The summed E-state index contributed by atoms with van der Waals surface area (Å²) in [4.78, 5) is 26.8. The van der Waals surface area contributed by atoms with Gasteiger partial charge in [0.2, 0.25) is 11.8 Å². The molecule has 0 aromatic heterocycles. The molecule has 27 heavy (non-hydrogen) atoms. The molecule has 0 aliphatic carbocycles. The van der Waals surface area contributed by atoms with E-state index in [2.05, 4.69) is 5.32 Å². The van der Waals surface area contributed by atoms with Gasteiger partial charge in [-0.2, -0.15) is 0 Å². The van der Waals surface area contributed by atoms with Crippen molar-refractivity contribution in [2.24, 2.45) is 5.92 Å². The third-order valence-corrected chi connectivity index (χ3v) is 5.26. The molecule has 0 bridgehead atoms. The van der Waals surface area contributed by atoms with E-state index in [-0.39, 0.29) is 17.7 Å². The van der Waals surface area contributed by atoms with E-state index in [1.54, 1.807) is 6.08 Å². The highest BCUT2D eigenvalue weighted by Gasteiger charge is 2.26. The Morgan fingerprint density at radius 2 is 1.70 bits per heavy atom. The number of hydrogen-bond acceptors (Lipinski definition) is 2. The van der Waals surface area contributed by atoms with E-state index in [4.69, 9.17) is 0 Å². The van der Waals surface area contributed by atoms with Crippen molar-refractivity contribution >= 4 is 23.6 Å². The molecule has 0 unspecified atom stereocenters. The lowest BCUT2D eigenvalue weighted by Gasteiger charge is -2.30. The molecule has 1 aliphatic heterocycles. The summed E-state index contributed by atoms with van der Waals surface area (Å²) < 4.78 is 0. The first-order valence-corrected chi connectivity index (χ1v) is 9.43. The Labute approximate surface area is 160 Å². The first kappa shape index (κ1) is 18.9. The van der Waals surface area contributed by atoms with Crippen molar-refractivity contribution in [3.63, 3.8) is 0 Å². The monoisotopic (exact) mass is 362 g/mol. The number of carbonyl (C=O) groups is 2. The summed E-state index contributed by atoms with van der Waals surface area (Å²) in [5.41, 5.74) is 4.15. The third kappa shape index (κ3) is 4.85. The zero-order valence-corrected chi connectivity index (χ0v) is 15.9. The Kier molecular flexibility index (Phi) is 6.07. The Morgan fingerprint density at radius 3 is 2.41 bits per heavy atom. The molecule has 2 aromatic rings. The van der Waals surface area contributed by atoms with Crippen LogP contribution in [0, 0.1) is 19.8 Å². The van der Waals surface area contributed by atoms with Gasteiger partial charge in [0.05, 0.1) is 0 Å². The van der Waals surface area contributed by atoms with Crippen LogP contribution in [0.5, 0.6) is 0 Å². The Bertz CT molecular complexity index is 835. The Morgan fingerprint density at radius 1 is 1.00 bits per heavy atom. The molecule has 0 saturated carbocycles. The highest BCUT2D eigenvalue weighted by atomic mass is 16.2. The minimum Gasteiger partial charge on any atom is -0.339 e. The predicted octanol–water partition coefficient (Wildman–Crippen LogP) is 4.19. The normalized spacial score (nSPS) is 15.1. The molecule has 1 aliphatic rings. The maximum absolute atomic E-state index is 12.6. The van der Waals surface area contributed by atoms with E-state index < -0.39 is 0 Å². The standard InChI is InChI=1S/C23H26N2O2/c1-17-7-6-10-21(18(17)2)24-23(27)20-13-15-25(16-14-20)22(26)12-11-19-8-4-3-5-9-19/h3-12,20H,13-16H2,1-2H3,(H,24,27)/b12-11+. The van der Waals surface area contributed by atoms with Crippen molar-refractivity contribution in [2.75, 3.05) is 18.4 Å². The molecule has 3 rings (SSSR count). The van der Waals surface area contributed by atoms with Gasteiger partial charge < -0.3 is 10.2 Å². The molecule has 1 heterocycles. The summed E-state index contributed by atoms with van der Waals surface area (Å²) in [6.45, 7) is 5.29. The number of nitrogens with one attached hydrogen (secondary N) is 1. The van der Waals surface area contributed by atoms with Crippen LogP contribution < -0.4 is 5.32 Å². The Hall–Kier alpha value is -2.88. The lowest BCUT2D eigenvalue weighted by atomic mass is 9.95. The number of anilines is 1. The van der Waals surface area contributed by atoms with Gasteiger partial charge in [0.1, 0.15) is 0 Å². The number of rotatable bonds is 4. The average molecular weight is 362 g/mol. The minimum atomic E-state index is -0.0490. The molecule has 4 heteroatoms. The lowest BCUT2D eigenvalue weighted by Crippen LogP contribution is -2.40. The van der Waals surface area contributed by atoms with Gasteiger partial charge in [0.15, 0.2) is 0 Å². The SMILES string of the molecule is Cc1cccc(NC(=O)C2CCN(C(=O)/C=C/c3ccccc3)CC2)c1C. The van der Waals surface area contributed by atoms with Crippen LogP contribution in [0.3, 0.4) is 0 Å². The average Bonchev–Trinajstić information content (AvgIpc) is 2.70. The summed E-state index contributed by atoms with van der Waals surface area (Å²) in [5.74, 6) is 0.00920. The summed E-state index contributed by atoms with van der Waals surface area (Å²) in [6, 6.07) is 15.7. The van der Waals surface area contributed by atoms with Crippen molar-refractivity contribution in [3.8, 4) is 0 Å². The second-order valence-corrected chi connectivity index (χ2v) is 7.08. The van der Waals surface area contributed by atoms with Crippen LogP contribution in [-0.4, -0.2) is 29.8 Å². The van der Waals surface area contributed by atoms with Crippen LogP contribution in [-0.2, 0) is 9.59 Å². The van der Waals surface area contributed by atoms with E-state index in [1.807, 2.05) is 73.4 Å². The predicted molar refractivity (Wildman–Crippen MR) is 109 cm³/mol. The fraction of sp³-hybridized carbons (Fsp3) is 0.304. The molecule has 0 spiro atoms. The number of carbonyl (C=O) groups excluding carboxylic acids is 2. The van der Waals surface area contributed by atoms with E-state index in [9.17, 15) is 9.59 Å². The number of amides is 2. The summed E-state index contributed by atoms with van der Waals surface area (Å²) >= 11 is 0. The van der Waals surface area contributed by atoms with Crippen molar-refractivity contribution in [1.29, 1.82) is 0 Å². The second kappa shape index (κ2) is 8.67. The molecule has 0 atom stereocenters. The number of piperidine rings is 1. The third-order valence-electron chi connectivity index (χ3n) is 5.26. The number of nitrogens with zero attached hydrogens (tertiary/aromatic N) is 1. The van der Waals surface area contributed by atoms with Crippen LogP contribution in [0.2, 0.25) is 0 Å². The van der Waals surface area contributed by atoms with Crippen LogP contribution in [0.25, 0.3) is 6.08 Å². The smallest absolute Gasteiger partial charge is 0.246 e. The molecule has 1 fully saturated rings. The van der Waals surface area contributed by atoms with Crippen molar-refractivity contribution in [1.82, 2.24) is 4.90 Å². The van der Waals surface area contributed by atoms with Gasteiger partial charge in [-0.3, -0.25) is 9.59 Å². The minimum absolute atomic E-state index is 0.00670. The number of hydrogen-bond donors (Lipinski definition) is 1. The highest BCUT2D eigenvalue weighted by Crippen LogP contribution is 2.23. The molecular weight excluding hydrogens is 336 g/mol. The van der Waals surface area contributed by atoms with Crippen LogP contribution >= 0.6 is 0 Å². The zero-order chi connectivity index (χ0) is 19.2. The lowest BCUT2D eigenvalue weighted by molar-refractivity contribution is -0.130. The molecule has 0 radical (unpaired) electrons. The largest absolute Gasteiger partial charge is 0.339 e. The summed E-state index contributed by atoms with van der Waals surface area (Å²) in [6.07, 6.45) is 4.84. The highest BCUT2D eigenvalue weighted by molar-refractivity contribution is 5.94. The number of likely N-dealkylation sites (tertiary alicyclic amines) is 1. The van der Waals surface area contributed by atoms with Gasteiger partial charge in [-0.1, -0.05) is 42.5 Å².